The van der Waals surface area contributed by atoms with Gasteiger partial charge in [0, 0.05) is 0 Å². The van der Waals surface area contributed by atoms with Crippen LogP contribution in [0.15, 0.2) is 0 Å². The van der Waals surface area contributed by atoms with E-state index in [4.69, 9.17) is 18.9 Å². The Morgan fingerprint density at radius 3 is 1.53 bits per heavy atom. The van der Waals surface area contributed by atoms with Crippen molar-refractivity contribution in [1.82, 2.24) is 0 Å². The lowest BCUT2D eigenvalue weighted by molar-refractivity contribution is -0.458. The maximum Gasteiger partial charge on any atom is 0.229 e. The lowest BCUT2D eigenvalue weighted by Gasteiger charge is -2.56. The fourth-order valence-corrected chi connectivity index (χ4v) is 4.35. The van der Waals surface area contributed by atoms with Gasteiger partial charge in [0.1, 0.15) is 79.4 Å². The Bertz CT molecular complexity index is 664. The van der Waals surface area contributed by atoms with E-state index in [9.17, 15) is 61.3 Å². The molecule has 0 aromatic heterocycles. The SMILES string of the molecule is OC[C@H]1O[C@H](O[C@@]2(C3O[C@H](CO)[C@@H](O)[C@H](O)[C@H]3O)O[C@H](CO)[C@@H](O)[C@H](O)[C@H]2O)[C@H](O)[C@@H](O)[C@@H]1O. The minimum atomic E-state index is -2.88. The molecule has 0 aromatic carbocycles. The van der Waals surface area contributed by atoms with Crippen LogP contribution in [0.25, 0.3) is 0 Å². The molecule has 3 aliphatic rings. The van der Waals surface area contributed by atoms with E-state index in [1.54, 1.807) is 0 Å². The molecule has 34 heavy (non-hydrogen) atoms. The van der Waals surface area contributed by atoms with E-state index in [0.29, 0.717) is 0 Å². The maximum absolute atomic E-state index is 10.9. The summed E-state index contributed by atoms with van der Waals surface area (Å²) in [6.45, 7) is -2.73. The van der Waals surface area contributed by atoms with Crippen molar-refractivity contribution in [3.05, 3.63) is 0 Å². The van der Waals surface area contributed by atoms with Gasteiger partial charge in [-0.25, -0.2) is 0 Å². The number of hydrogen-bond acceptors (Lipinski definition) is 16. The van der Waals surface area contributed by atoms with Gasteiger partial charge in [-0.2, -0.15) is 0 Å². The summed E-state index contributed by atoms with van der Waals surface area (Å²) < 4.78 is 21.7. The van der Waals surface area contributed by atoms with Crippen LogP contribution in [-0.2, 0) is 18.9 Å². The Balaban J connectivity index is 2.06. The first-order valence-electron chi connectivity index (χ1n) is 10.6. The highest BCUT2D eigenvalue weighted by Gasteiger charge is 2.65. The van der Waals surface area contributed by atoms with Gasteiger partial charge in [-0.3, -0.25) is 0 Å². The number of rotatable bonds is 6. The molecule has 3 fully saturated rings. The lowest BCUT2D eigenvalue weighted by atomic mass is 9.83. The Labute approximate surface area is 192 Å². The van der Waals surface area contributed by atoms with Crippen LogP contribution in [0.3, 0.4) is 0 Å². The fourth-order valence-electron chi connectivity index (χ4n) is 4.35. The molecule has 12 N–H and O–H groups in total. The average molecular weight is 504 g/mol. The van der Waals surface area contributed by atoms with E-state index in [0.717, 1.165) is 0 Å². The van der Waals surface area contributed by atoms with Gasteiger partial charge in [-0.15, -0.1) is 0 Å². The predicted molar refractivity (Wildman–Crippen MR) is 101 cm³/mol. The third-order valence-electron chi connectivity index (χ3n) is 6.42. The van der Waals surface area contributed by atoms with Crippen molar-refractivity contribution in [3.8, 4) is 0 Å². The van der Waals surface area contributed by atoms with Crippen molar-refractivity contribution in [2.45, 2.75) is 91.4 Å². The normalized spacial score (nSPS) is 54.7. The molecule has 16 nitrogen and oxygen atoms in total. The van der Waals surface area contributed by atoms with Crippen LogP contribution in [-0.4, -0.2) is 173 Å². The first kappa shape index (κ1) is 27.9. The summed E-state index contributed by atoms with van der Waals surface area (Å²) in [5.74, 6) is -2.88. The average Bonchev–Trinajstić information content (AvgIpc) is 2.83. The van der Waals surface area contributed by atoms with Gasteiger partial charge in [-0.1, -0.05) is 0 Å². The van der Waals surface area contributed by atoms with Crippen molar-refractivity contribution in [3.63, 3.8) is 0 Å². The molecular formula is C18H32O16. The first-order chi connectivity index (χ1) is 15.9. The molecule has 15 atom stereocenters. The number of ether oxygens (including phenoxy) is 4. The van der Waals surface area contributed by atoms with E-state index < -0.39 is 111 Å². The summed E-state index contributed by atoms with van der Waals surface area (Å²) in [7, 11) is 0. The smallest absolute Gasteiger partial charge is 0.229 e. The Morgan fingerprint density at radius 1 is 0.529 bits per heavy atom. The molecule has 0 aliphatic carbocycles. The van der Waals surface area contributed by atoms with Gasteiger partial charge >= 0.3 is 0 Å². The van der Waals surface area contributed by atoms with Gasteiger partial charge in [0.25, 0.3) is 0 Å². The molecule has 3 rings (SSSR count). The van der Waals surface area contributed by atoms with Gasteiger partial charge in [0.15, 0.2) is 6.29 Å². The van der Waals surface area contributed by atoms with Gasteiger partial charge in [-0.05, 0) is 0 Å². The quantitative estimate of drug-likeness (QED) is 0.160. The molecule has 3 aliphatic heterocycles. The topological polar surface area (TPSA) is 280 Å². The molecule has 0 bridgehead atoms. The van der Waals surface area contributed by atoms with Crippen LogP contribution in [0.2, 0.25) is 0 Å². The van der Waals surface area contributed by atoms with Crippen LogP contribution < -0.4 is 0 Å². The van der Waals surface area contributed by atoms with Crippen LogP contribution in [0, 0.1) is 0 Å². The van der Waals surface area contributed by atoms with Crippen LogP contribution in [0.5, 0.6) is 0 Å². The Morgan fingerprint density at radius 2 is 1.00 bits per heavy atom. The third-order valence-corrected chi connectivity index (χ3v) is 6.42. The van der Waals surface area contributed by atoms with E-state index in [-0.39, 0.29) is 0 Å². The summed E-state index contributed by atoms with van der Waals surface area (Å²) in [4.78, 5) is 0. The molecule has 0 aromatic rings. The van der Waals surface area contributed by atoms with Crippen molar-refractivity contribution in [2.75, 3.05) is 19.8 Å². The molecule has 3 heterocycles. The first-order valence-corrected chi connectivity index (χ1v) is 10.6. The standard InChI is InChI=1S/C18H32O16/c19-1-4-7(22)10(25)13(28)16(31-4)18(15(30)12(27)9(24)6(3-21)33-18)34-17-14(29)11(26)8(23)5(2-20)32-17/h4-17,19-30H,1-3H2/t4-,5-,6-,7-,8-,9-,10+,11+,12+,13-,14-,15-,16?,17-,18+/m1/s1. The van der Waals surface area contributed by atoms with Gasteiger partial charge < -0.3 is 80.2 Å². The molecule has 16 heteroatoms. The highest BCUT2D eigenvalue weighted by atomic mass is 16.8. The van der Waals surface area contributed by atoms with E-state index in [1.807, 2.05) is 0 Å². The number of aliphatic hydroxyl groups is 12. The minimum Gasteiger partial charge on any atom is -0.394 e. The van der Waals surface area contributed by atoms with E-state index in [1.165, 1.54) is 0 Å². The molecule has 200 valence electrons. The second-order valence-electron chi connectivity index (χ2n) is 8.55. The maximum atomic E-state index is 10.9. The summed E-state index contributed by atoms with van der Waals surface area (Å²) in [5, 5.41) is 121. The van der Waals surface area contributed by atoms with Crippen LogP contribution >= 0.6 is 0 Å². The highest BCUT2D eigenvalue weighted by Crippen LogP contribution is 2.42. The van der Waals surface area contributed by atoms with E-state index >= 15 is 0 Å². The second-order valence-corrected chi connectivity index (χ2v) is 8.55. The molecule has 0 radical (unpaired) electrons. The molecule has 0 amide bonds. The zero-order valence-electron chi connectivity index (χ0n) is 17.7. The monoisotopic (exact) mass is 504 g/mol. The summed E-state index contributed by atoms with van der Waals surface area (Å²) in [6.07, 6.45) is -27.0. The van der Waals surface area contributed by atoms with Crippen LogP contribution in [0.1, 0.15) is 0 Å². The zero-order valence-corrected chi connectivity index (χ0v) is 17.7. The van der Waals surface area contributed by atoms with Crippen molar-refractivity contribution < 1.29 is 80.2 Å². The summed E-state index contributed by atoms with van der Waals surface area (Å²) >= 11 is 0. The van der Waals surface area contributed by atoms with Crippen LogP contribution in [0.4, 0.5) is 0 Å². The number of aliphatic hydroxyl groups excluding tert-OH is 12. The Hall–Kier alpha value is -0.640. The Kier molecular flexibility index (Phi) is 8.85. The predicted octanol–water partition coefficient (Wildman–Crippen LogP) is -8.18. The van der Waals surface area contributed by atoms with Crippen molar-refractivity contribution in [2.24, 2.45) is 0 Å². The van der Waals surface area contributed by atoms with Gasteiger partial charge in [0.05, 0.1) is 19.8 Å². The zero-order chi connectivity index (χ0) is 25.5. The van der Waals surface area contributed by atoms with Gasteiger partial charge in [0.2, 0.25) is 5.79 Å². The summed E-state index contributed by atoms with van der Waals surface area (Å²) in [5.41, 5.74) is 0. The number of hydrogen-bond donors (Lipinski definition) is 12. The fraction of sp³-hybridized carbons (Fsp3) is 1.00. The molecule has 3 saturated heterocycles. The second kappa shape index (κ2) is 10.8. The molecule has 0 saturated carbocycles. The molecular weight excluding hydrogens is 472 g/mol. The third kappa shape index (κ3) is 4.59. The summed E-state index contributed by atoms with van der Waals surface area (Å²) in [6, 6.07) is 0. The highest BCUT2D eigenvalue weighted by molar-refractivity contribution is 5.08. The lowest BCUT2D eigenvalue weighted by Crippen LogP contribution is -2.77. The van der Waals surface area contributed by atoms with Crippen molar-refractivity contribution >= 4 is 0 Å². The minimum absolute atomic E-state index is 0.859. The molecule has 1 unspecified atom stereocenters. The van der Waals surface area contributed by atoms with Crippen molar-refractivity contribution in [1.29, 1.82) is 0 Å². The molecule has 0 spiro atoms. The largest absolute Gasteiger partial charge is 0.394 e. The van der Waals surface area contributed by atoms with E-state index in [2.05, 4.69) is 0 Å².